The van der Waals surface area contributed by atoms with E-state index >= 15 is 0 Å². The highest BCUT2D eigenvalue weighted by molar-refractivity contribution is 6.11. The Morgan fingerprint density at radius 1 is 1.07 bits per heavy atom. The third-order valence-electron chi connectivity index (χ3n) is 5.82. The first-order valence-electron chi connectivity index (χ1n) is 10.1. The molecule has 1 saturated heterocycles. The molecule has 5 heteroatoms. The van der Waals surface area contributed by atoms with Crippen molar-refractivity contribution in [2.45, 2.75) is 51.5 Å². The van der Waals surface area contributed by atoms with E-state index in [9.17, 15) is 14.4 Å². The molecule has 3 rings (SSSR count). The monoisotopic (exact) mass is 392 g/mol. The van der Waals surface area contributed by atoms with Crippen molar-refractivity contribution in [2.24, 2.45) is 0 Å². The van der Waals surface area contributed by atoms with E-state index in [2.05, 4.69) is 19.2 Å². The van der Waals surface area contributed by atoms with Gasteiger partial charge in [-0.3, -0.25) is 14.5 Å². The number of rotatable bonds is 8. The minimum absolute atomic E-state index is 0.239. The van der Waals surface area contributed by atoms with Crippen LogP contribution >= 0.6 is 0 Å². The summed E-state index contributed by atoms with van der Waals surface area (Å²) in [5.74, 6) is -0.157. The fourth-order valence-corrected chi connectivity index (χ4v) is 3.57. The van der Waals surface area contributed by atoms with E-state index < -0.39 is 11.6 Å². The molecule has 2 aromatic carbocycles. The standard InChI is InChI=1S/C24H28N2O3/c1-4-17(2)19-10-12-20(13-11-19)21(27)16-26-22(28)24(3,25-23(26)29)15-14-18-8-6-5-7-9-18/h5-13,17H,4,14-16H2,1-3H3,(H,25,29)/t17-,24-/m1/s1. The molecule has 0 unspecified atom stereocenters. The van der Waals surface area contributed by atoms with Gasteiger partial charge in [-0.05, 0) is 43.2 Å². The molecule has 0 aromatic heterocycles. The van der Waals surface area contributed by atoms with Crippen LogP contribution in [-0.4, -0.2) is 34.7 Å². The van der Waals surface area contributed by atoms with Crippen LogP contribution in [0.2, 0.25) is 0 Å². The zero-order chi connectivity index (χ0) is 21.0. The Bertz CT molecular complexity index is 892. The molecule has 152 valence electrons. The van der Waals surface area contributed by atoms with Gasteiger partial charge in [-0.15, -0.1) is 0 Å². The number of amides is 3. The van der Waals surface area contributed by atoms with Crippen LogP contribution in [0.3, 0.4) is 0 Å². The highest BCUT2D eigenvalue weighted by atomic mass is 16.2. The normalized spacial score (nSPS) is 19.9. The first kappa shape index (κ1) is 20.8. The van der Waals surface area contributed by atoms with Crippen molar-refractivity contribution in [1.82, 2.24) is 10.2 Å². The van der Waals surface area contributed by atoms with E-state index in [4.69, 9.17) is 0 Å². The van der Waals surface area contributed by atoms with Crippen molar-refractivity contribution in [3.8, 4) is 0 Å². The lowest BCUT2D eigenvalue weighted by Crippen LogP contribution is -2.44. The maximum Gasteiger partial charge on any atom is 0.325 e. The first-order valence-corrected chi connectivity index (χ1v) is 10.1. The van der Waals surface area contributed by atoms with Crippen LogP contribution in [0.4, 0.5) is 4.79 Å². The summed E-state index contributed by atoms with van der Waals surface area (Å²) in [6, 6.07) is 16.8. The molecule has 1 fully saturated rings. The molecule has 0 aliphatic carbocycles. The Labute approximate surface area is 172 Å². The number of ketones is 1. The summed E-state index contributed by atoms with van der Waals surface area (Å²) in [4.78, 5) is 39.0. The molecule has 2 aromatic rings. The second-order valence-corrected chi connectivity index (χ2v) is 7.99. The van der Waals surface area contributed by atoms with Gasteiger partial charge in [0.05, 0.1) is 6.54 Å². The minimum atomic E-state index is -0.992. The largest absolute Gasteiger partial charge is 0.325 e. The number of aryl methyl sites for hydroxylation is 1. The van der Waals surface area contributed by atoms with Gasteiger partial charge >= 0.3 is 6.03 Å². The molecule has 0 spiro atoms. The SMILES string of the molecule is CC[C@@H](C)c1ccc(C(=O)CN2C(=O)N[C@](C)(CCc3ccccc3)C2=O)cc1. The van der Waals surface area contributed by atoms with Crippen molar-refractivity contribution in [3.63, 3.8) is 0 Å². The van der Waals surface area contributed by atoms with E-state index in [0.29, 0.717) is 24.3 Å². The molecule has 0 radical (unpaired) electrons. The summed E-state index contributed by atoms with van der Waals surface area (Å²) in [5, 5.41) is 2.77. The molecule has 3 amide bonds. The summed E-state index contributed by atoms with van der Waals surface area (Å²) in [7, 11) is 0. The third-order valence-corrected chi connectivity index (χ3v) is 5.82. The zero-order valence-electron chi connectivity index (χ0n) is 17.3. The molecule has 0 bridgehead atoms. The fourth-order valence-electron chi connectivity index (χ4n) is 3.57. The average Bonchev–Trinajstić information content (AvgIpc) is 2.96. The lowest BCUT2D eigenvalue weighted by atomic mass is 9.93. The number of imide groups is 1. The Balaban J connectivity index is 1.65. The highest BCUT2D eigenvalue weighted by Gasteiger charge is 2.47. The van der Waals surface area contributed by atoms with Crippen LogP contribution < -0.4 is 5.32 Å². The summed E-state index contributed by atoms with van der Waals surface area (Å²) in [6.45, 7) is 5.74. The molecule has 1 aliphatic heterocycles. The number of nitrogens with one attached hydrogen (secondary N) is 1. The van der Waals surface area contributed by atoms with E-state index in [1.54, 1.807) is 19.1 Å². The lowest BCUT2D eigenvalue weighted by molar-refractivity contribution is -0.130. The predicted octanol–water partition coefficient (Wildman–Crippen LogP) is 4.33. The van der Waals surface area contributed by atoms with Crippen LogP contribution in [0, 0.1) is 0 Å². The summed E-state index contributed by atoms with van der Waals surface area (Å²) >= 11 is 0. The molecule has 1 heterocycles. The number of urea groups is 1. The summed E-state index contributed by atoms with van der Waals surface area (Å²) in [6.07, 6.45) is 2.18. The molecule has 1 N–H and O–H groups in total. The Hall–Kier alpha value is -2.95. The Morgan fingerprint density at radius 3 is 2.34 bits per heavy atom. The van der Waals surface area contributed by atoms with Crippen LogP contribution in [0.1, 0.15) is 61.0 Å². The van der Waals surface area contributed by atoms with Gasteiger partial charge in [0.2, 0.25) is 0 Å². The topological polar surface area (TPSA) is 66.5 Å². The van der Waals surface area contributed by atoms with Crippen LogP contribution in [0.25, 0.3) is 0 Å². The summed E-state index contributed by atoms with van der Waals surface area (Å²) < 4.78 is 0. The molecule has 5 nitrogen and oxygen atoms in total. The van der Waals surface area contributed by atoms with Crippen molar-refractivity contribution in [3.05, 3.63) is 71.3 Å². The number of carbonyl (C=O) groups excluding carboxylic acids is 3. The first-order chi connectivity index (χ1) is 13.8. The maximum atomic E-state index is 12.9. The molecular formula is C24H28N2O3. The summed E-state index contributed by atoms with van der Waals surface area (Å²) in [5.41, 5.74) is 1.79. The highest BCUT2D eigenvalue weighted by Crippen LogP contribution is 2.24. The van der Waals surface area contributed by atoms with Gasteiger partial charge in [-0.2, -0.15) is 0 Å². The van der Waals surface area contributed by atoms with Crippen LogP contribution in [0.5, 0.6) is 0 Å². The Morgan fingerprint density at radius 2 is 1.72 bits per heavy atom. The lowest BCUT2D eigenvalue weighted by Gasteiger charge is -2.21. The zero-order valence-corrected chi connectivity index (χ0v) is 17.3. The maximum absolute atomic E-state index is 12.9. The minimum Gasteiger partial charge on any atom is -0.323 e. The van der Waals surface area contributed by atoms with Gasteiger partial charge in [0.15, 0.2) is 5.78 Å². The van der Waals surface area contributed by atoms with E-state index in [0.717, 1.165) is 16.9 Å². The van der Waals surface area contributed by atoms with Gasteiger partial charge in [-0.25, -0.2) is 4.79 Å². The van der Waals surface area contributed by atoms with Crippen molar-refractivity contribution < 1.29 is 14.4 Å². The number of carbonyl (C=O) groups is 3. The Kier molecular flexibility index (Phi) is 6.16. The van der Waals surface area contributed by atoms with Crippen molar-refractivity contribution in [2.75, 3.05) is 6.54 Å². The van der Waals surface area contributed by atoms with Gasteiger partial charge < -0.3 is 5.32 Å². The molecule has 29 heavy (non-hydrogen) atoms. The van der Waals surface area contributed by atoms with Gasteiger partial charge in [0, 0.05) is 5.56 Å². The molecule has 0 saturated carbocycles. The second kappa shape index (κ2) is 8.60. The van der Waals surface area contributed by atoms with E-state index in [1.165, 1.54) is 5.56 Å². The van der Waals surface area contributed by atoms with Gasteiger partial charge in [0.1, 0.15) is 5.54 Å². The van der Waals surface area contributed by atoms with Crippen LogP contribution in [0.15, 0.2) is 54.6 Å². The molecule has 1 aliphatic rings. The molecule has 2 atom stereocenters. The number of hydrogen-bond donors (Lipinski definition) is 1. The van der Waals surface area contributed by atoms with Crippen molar-refractivity contribution in [1.29, 1.82) is 0 Å². The van der Waals surface area contributed by atoms with E-state index in [-0.39, 0.29) is 18.2 Å². The number of hydrogen-bond acceptors (Lipinski definition) is 3. The van der Waals surface area contributed by atoms with Gasteiger partial charge in [0.25, 0.3) is 5.91 Å². The number of benzene rings is 2. The fraction of sp³-hybridized carbons (Fsp3) is 0.375. The van der Waals surface area contributed by atoms with Gasteiger partial charge in [-0.1, -0.05) is 68.4 Å². The van der Waals surface area contributed by atoms with E-state index in [1.807, 2.05) is 42.5 Å². The average molecular weight is 392 g/mol. The number of nitrogens with zero attached hydrogens (tertiary/aromatic N) is 1. The number of Topliss-reactive ketones (excluding diaryl/α,β-unsaturated/α-hetero) is 1. The predicted molar refractivity (Wildman–Crippen MR) is 113 cm³/mol. The second-order valence-electron chi connectivity index (χ2n) is 7.99. The third kappa shape index (κ3) is 4.56. The quantitative estimate of drug-likeness (QED) is 0.537. The molecular weight excluding hydrogens is 364 g/mol. The smallest absolute Gasteiger partial charge is 0.323 e. The van der Waals surface area contributed by atoms with Crippen LogP contribution in [-0.2, 0) is 11.2 Å². The van der Waals surface area contributed by atoms with Crippen molar-refractivity contribution >= 4 is 17.7 Å².